The van der Waals surface area contributed by atoms with Crippen molar-refractivity contribution in [1.82, 2.24) is 15.5 Å². The number of nitrogens with zero attached hydrogens (tertiary/aromatic N) is 2. The summed E-state index contributed by atoms with van der Waals surface area (Å²) in [4.78, 5) is 7.06. The predicted octanol–water partition coefficient (Wildman–Crippen LogP) is 2.32. The molecule has 0 bridgehead atoms. The van der Waals surface area contributed by atoms with E-state index in [1.165, 1.54) is 0 Å². The maximum atomic E-state index is 9.33. The van der Waals surface area contributed by atoms with Crippen molar-refractivity contribution >= 4 is 29.9 Å². The maximum Gasteiger partial charge on any atom is 0.191 e. The first-order valence-corrected chi connectivity index (χ1v) is 9.38. The molecule has 0 aliphatic rings. The van der Waals surface area contributed by atoms with Crippen LogP contribution in [0.4, 0.5) is 0 Å². The molecule has 0 rings (SSSR count). The molecule has 3 N–H and O–H groups in total. The lowest BCUT2D eigenvalue weighted by Gasteiger charge is -2.29. The standard InChI is InChI=1S/C18H40N4O2.HI/c1-6-18(7-2,10-14-23)16-21-17(19-8-3)20-11-13-22(4)12-9-15-24-5;/h23H,6-16H2,1-5H3,(H2,19,20,21);1H. The number of methoxy groups -OCH3 is 1. The number of hydrogen-bond acceptors (Lipinski definition) is 4. The molecule has 0 aliphatic carbocycles. The largest absolute Gasteiger partial charge is 0.396 e. The van der Waals surface area contributed by atoms with Gasteiger partial charge in [0.05, 0.1) is 0 Å². The molecule has 7 heteroatoms. The van der Waals surface area contributed by atoms with Crippen molar-refractivity contribution in [1.29, 1.82) is 0 Å². The highest BCUT2D eigenvalue weighted by molar-refractivity contribution is 14.0. The van der Waals surface area contributed by atoms with Crippen molar-refractivity contribution in [3.8, 4) is 0 Å². The minimum Gasteiger partial charge on any atom is -0.396 e. The minimum absolute atomic E-state index is 0. The zero-order valence-corrected chi connectivity index (χ0v) is 19.3. The molecule has 0 fully saturated rings. The number of rotatable bonds is 14. The first-order valence-electron chi connectivity index (χ1n) is 9.38. The highest BCUT2D eigenvalue weighted by atomic mass is 127. The van der Waals surface area contributed by atoms with Crippen LogP contribution < -0.4 is 10.6 Å². The zero-order chi connectivity index (χ0) is 18.3. The summed E-state index contributed by atoms with van der Waals surface area (Å²) in [6.07, 6.45) is 3.94. The van der Waals surface area contributed by atoms with Crippen LogP contribution in [0, 0.1) is 5.41 Å². The number of aliphatic imine (C=N–C) groups is 1. The number of ether oxygens (including phenoxy) is 1. The topological polar surface area (TPSA) is 69.1 Å². The van der Waals surface area contributed by atoms with Gasteiger partial charge in [0.15, 0.2) is 5.96 Å². The molecule has 0 aliphatic heterocycles. The fraction of sp³-hybridized carbons (Fsp3) is 0.944. The van der Waals surface area contributed by atoms with Crippen molar-refractivity contribution < 1.29 is 9.84 Å². The Morgan fingerprint density at radius 2 is 1.84 bits per heavy atom. The van der Waals surface area contributed by atoms with Crippen LogP contribution >= 0.6 is 24.0 Å². The lowest BCUT2D eigenvalue weighted by Crippen LogP contribution is -2.42. The van der Waals surface area contributed by atoms with Crippen LogP contribution in [0.3, 0.4) is 0 Å². The first-order chi connectivity index (χ1) is 11.6. The van der Waals surface area contributed by atoms with Gasteiger partial charge in [-0.15, -0.1) is 24.0 Å². The highest BCUT2D eigenvalue weighted by Gasteiger charge is 2.25. The van der Waals surface area contributed by atoms with Gasteiger partial charge >= 0.3 is 0 Å². The van der Waals surface area contributed by atoms with Crippen LogP contribution in [0.5, 0.6) is 0 Å². The average molecular weight is 472 g/mol. The number of hydrogen-bond donors (Lipinski definition) is 3. The smallest absolute Gasteiger partial charge is 0.191 e. The van der Waals surface area contributed by atoms with E-state index in [1.54, 1.807) is 7.11 Å². The van der Waals surface area contributed by atoms with E-state index >= 15 is 0 Å². The number of halogens is 1. The molecule has 25 heavy (non-hydrogen) atoms. The molecule has 0 aromatic heterocycles. The Bertz CT molecular complexity index is 326. The van der Waals surface area contributed by atoms with E-state index in [9.17, 15) is 5.11 Å². The van der Waals surface area contributed by atoms with E-state index in [0.717, 1.165) is 71.0 Å². The van der Waals surface area contributed by atoms with Crippen LogP contribution in [0.25, 0.3) is 0 Å². The Kier molecular flexibility index (Phi) is 18.8. The highest BCUT2D eigenvalue weighted by Crippen LogP contribution is 2.30. The fourth-order valence-electron chi connectivity index (χ4n) is 2.69. The van der Waals surface area contributed by atoms with Crippen LogP contribution in [-0.4, -0.2) is 76.1 Å². The number of guanidine groups is 1. The summed E-state index contributed by atoms with van der Waals surface area (Å²) >= 11 is 0. The molecule has 0 radical (unpaired) electrons. The van der Waals surface area contributed by atoms with E-state index in [-0.39, 0.29) is 36.0 Å². The molecule has 6 nitrogen and oxygen atoms in total. The van der Waals surface area contributed by atoms with Gasteiger partial charge in [0, 0.05) is 53.0 Å². The number of nitrogens with one attached hydrogen (secondary N) is 2. The van der Waals surface area contributed by atoms with Gasteiger partial charge in [0.2, 0.25) is 0 Å². The van der Waals surface area contributed by atoms with Gasteiger partial charge in [0.25, 0.3) is 0 Å². The Morgan fingerprint density at radius 3 is 2.36 bits per heavy atom. The first kappa shape index (κ1) is 27.1. The molecule has 0 saturated carbocycles. The predicted molar refractivity (Wildman–Crippen MR) is 118 cm³/mol. The lowest BCUT2D eigenvalue weighted by molar-refractivity contribution is 0.175. The van der Waals surface area contributed by atoms with E-state index in [0.29, 0.717) is 0 Å². The molecule has 0 aromatic carbocycles. The molecule has 0 atom stereocenters. The van der Waals surface area contributed by atoms with Crippen molar-refractivity contribution in [2.75, 3.05) is 60.1 Å². The third-order valence-electron chi connectivity index (χ3n) is 4.73. The van der Waals surface area contributed by atoms with E-state index in [2.05, 4.69) is 43.4 Å². The molecular formula is C18H41IN4O2. The van der Waals surface area contributed by atoms with Gasteiger partial charge in [-0.1, -0.05) is 13.8 Å². The van der Waals surface area contributed by atoms with Gasteiger partial charge < -0.3 is 25.4 Å². The van der Waals surface area contributed by atoms with Crippen molar-refractivity contribution in [3.63, 3.8) is 0 Å². The second kappa shape index (κ2) is 17.3. The quantitative estimate of drug-likeness (QED) is 0.157. The Hall–Kier alpha value is -0.120. The second-order valence-electron chi connectivity index (χ2n) is 6.45. The van der Waals surface area contributed by atoms with Crippen LogP contribution in [-0.2, 0) is 4.74 Å². The van der Waals surface area contributed by atoms with Crippen molar-refractivity contribution in [3.05, 3.63) is 0 Å². The Morgan fingerprint density at radius 1 is 1.16 bits per heavy atom. The summed E-state index contributed by atoms with van der Waals surface area (Å²) in [6, 6.07) is 0. The summed E-state index contributed by atoms with van der Waals surface area (Å²) in [7, 11) is 3.87. The molecule has 0 aromatic rings. The number of likely N-dealkylation sites (N-methyl/N-ethyl adjacent to an activating group) is 1. The summed E-state index contributed by atoms with van der Waals surface area (Å²) in [5.41, 5.74) is 0.105. The molecule has 0 spiro atoms. The van der Waals surface area contributed by atoms with Gasteiger partial charge in [-0.2, -0.15) is 0 Å². The Labute approximate surface area is 172 Å². The van der Waals surface area contributed by atoms with E-state index in [4.69, 9.17) is 9.73 Å². The maximum absolute atomic E-state index is 9.33. The third kappa shape index (κ3) is 12.8. The lowest BCUT2D eigenvalue weighted by atomic mass is 9.79. The van der Waals surface area contributed by atoms with Gasteiger partial charge in [-0.05, 0) is 45.1 Å². The van der Waals surface area contributed by atoms with Crippen LogP contribution in [0.15, 0.2) is 4.99 Å². The van der Waals surface area contributed by atoms with Gasteiger partial charge in [0.1, 0.15) is 0 Å². The summed E-state index contributed by atoms with van der Waals surface area (Å²) in [5.74, 6) is 0.868. The van der Waals surface area contributed by atoms with Crippen LogP contribution in [0.2, 0.25) is 0 Å². The van der Waals surface area contributed by atoms with Gasteiger partial charge in [-0.25, -0.2) is 0 Å². The molecule has 0 heterocycles. The molecule has 0 unspecified atom stereocenters. The van der Waals surface area contributed by atoms with Gasteiger partial charge in [-0.3, -0.25) is 4.99 Å². The molecule has 0 saturated heterocycles. The van der Waals surface area contributed by atoms with Crippen molar-refractivity contribution in [2.45, 2.75) is 46.5 Å². The molecular weight excluding hydrogens is 431 g/mol. The van der Waals surface area contributed by atoms with Crippen LogP contribution in [0.1, 0.15) is 46.5 Å². The van der Waals surface area contributed by atoms with E-state index in [1.807, 2.05) is 0 Å². The summed E-state index contributed by atoms with van der Waals surface area (Å²) < 4.78 is 5.08. The second-order valence-corrected chi connectivity index (χ2v) is 6.45. The SMILES string of the molecule is CCNC(=NCC(CC)(CC)CCO)NCCN(C)CCCOC.I. The summed E-state index contributed by atoms with van der Waals surface area (Å²) in [6.45, 7) is 12.0. The fourth-order valence-corrected chi connectivity index (χ4v) is 2.69. The summed E-state index contributed by atoms with van der Waals surface area (Å²) in [5, 5.41) is 16.0. The molecule has 152 valence electrons. The van der Waals surface area contributed by atoms with Crippen molar-refractivity contribution in [2.24, 2.45) is 10.4 Å². The third-order valence-corrected chi connectivity index (χ3v) is 4.73. The monoisotopic (exact) mass is 472 g/mol. The number of aliphatic hydroxyl groups excluding tert-OH is 1. The van der Waals surface area contributed by atoms with E-state index < -0.39 is 0 Å². The Balaban J connectivity index is 0. The minimum atomic E-state index is 0. The zero-order valence-electron chi connectivity index (χ0n) is 16.9. The average Bonchev–Trinajstić information content (AvgIpc) is 2.58. The number of aliphatic hydroxyl groups is 1. The normalized spacial score (nSPS) is 12.2. The molecule has 0 amide bonds.